The van der Waals surface area contributed by atoms with Gasteiger partial charge in [-0.3, -0.25) is 4.79 Å². The first-order chi connectivity index (χ1) is 7.54. The van der Waals surface area contributed by atoms with E-state index in [4.69, 9.17) is 23.8 Å². The zero-order valence-electron chi connectivity index (χ0n) is 8.34. The molecule has 1 aromatic rings. The third-order valence-corrected chi connectivity index (χ3v) is 2.10. The van der Waals surface area contributed by atoms with Gasteiger partial charge in [-0.05, 0) is 18.2 Å². The van der Waals surface area contributed by atoms with Crippen molar-refractivity contribution >= 4 is 23.2 Å². The summed E-state index contributed by atoms with van der Waals surface area (Å²) >= 11 is 5.66. The highest BCUT2D eigenvalue weighted by molar-refractivity contribution is 6.30. The second kappa shape index (κ2) is 5.50. The van der Waals surface area contributed by atoms with Gasteiger partial charge in [-0.15, -0.1) is 12.3 Å². The van der Waals surface area contributed by atoms with Gasteiger partial charge in [0.15, 0.2) is 0 Å². The zero-order chi connectivity index (χ0) is 12.1. The summed E-state index contributed by atoms with van der Waals surface area (Å²) in [5.41, 5.74) is 5.44. The van der Waals surface area contributed by atoms with E-state index in [1.165, 1.54) is 12.1 Å². The van der Waals surface area contributed by atoms with Crippen LogP contribution < -0.4 is 11.1 Å². The van der Waals surface area contributed by atoms with E-state index in [0.29, 0.717) is 5.02 Å². The second-order valence-electron chi connectivity index (χ2n) is 3.13. The predicted octanol–water partition coefficient (Wildman–Crippen LogP) is 1.77. The third-order valence-electron chi connectivity index (χ3n) is 1.86. The Hall–Kier alpha value is -1.57. The molecule has 1 aromatic carbocycles. The lowest BCUT2D eigenvalue weighted by molar-refractivity contribution is -0.117. The van der Waals surface area contributed by atoms with Crippen LogP contribution in [0.1, 0.15) is 6.42 Å². The monoisotopic (exact) mass is 240 g/mol. The van der Waals surface area contributed by atoms with Crippen molar-refractivity contribution in [1.82, 2.24) is 0 Å². The molecule has 0 radical (unpaired) electrons. The van der Waals surface area contributed by atoms with Crippen LogP contribution in [0.25, 0.3) is 0 Å². The van der Waals surface area contributed by atoms with Gasteiger partial charge >= 0.3 is 0 Å². The molecule has 0 aliphatic carbocycles. The number of terminal acetylenes is 1. The Morgan fingerprint density at radius 2 is 2.38 bits per heavy atom. The summed E-state index contributed by atoms with van der Waals surface area (Å²) in [5, 5.41) is 2.64. The molecule has 1 amide bonds. The molecular formula is C11H10ClFN2O. The van der Waals surface area contributed by atoms with Crippen LogP contribution in [-0.2, 0) is 4.79 Å². The summed E-state index contributed by atoms with van der Waals surface area (Å²) in [6.45, 7) is 0. The van der Waals surface area contributed by atoms with Crippen molar-refractivity contribution in [2.24, 2.45) is 5.73 Å². The average Bonchev–Trinajstić information content (AvgIpc) is 2.23. The fourth-order valence-electron chi connectivity index (χ4n) is 1.04. The number of rotatable bonds is 3. The molecule has 0 aliphatic rings. The number of anilines is 1. The highest BCUT2D eigenvalue weighted by atomic mass is 35.5. The molecule has 0 aliphatic heterocycles. The van der Waals surface area contributed by atoms with Crippen molar-refractivity contribution in [2.45, 2.75) is 12.5 Å². The van der Waals surface area contributed by atoms with Gasteiger partial charge in [-0.25, -0.2) is 4.39 Å². The van der Waals surface area contributed by atoms with E-state index in [2.05, 4.69) is 11.2 Å². The van der Waals surface area contributed by atoms with Crippen molar-refractivity contribution in [1.29, 1.82) is 0 Å². The molecule has 0 saturated carbocycles. The molecule has 0 aromatic heterocycles. The van der Waals surface area contributed by atoms with Crippen molar-refractivity contribution in [3.8, 4) is 12.3 Å². The van der Waals surface area contributed by atoms with Gasteiger partial charge in [-0.1, -0.05) is 11.6 Å². The molecule has 0 fully saturated rings. The van der Waals surface area contributed by atoms with Gasteiger partial charge in [0.05, 0.1) is 11.7 Å². The Morgan fingerprint density at radius 3 is 3.00 bits per heavy atom. The normalized spacial score (nSPS) is 11.6. The van der Waals surface area contributed by atoms with E-state index in [9.17, 15) is 9.18 Å². The Kier molecular flexibility index (Phi) is 4.29. The van der Waals surface area contributed by atoms with E-state index in [-0.39, 0.29) is 12.1 Å². The number of carbonyl (C=O) groups is 1. The van der Waals surface area contributed by atoms with Crippen LogP contribution in [0.2, 0.25) is 5.02 Å². The van der Waals surface area contributed by atoms with Crippen molar-refractivity contribution in [3.63, 3.8) is 0 Å². The Morgan fingerprint density at radius 1 is 1.69 bits per heavy atom. The number of halogens is 2. The quantitative estimate of drug-likeness (QED) is 0.792. The SMILES string of the molecule is C#CCC(N)C(=O)Nc1cc(Cl)ccc1F. The van der Waals surface area contributed by atoms with E-state index >= 15 is 0 Å². The van der Waals surface area contributed by atoms with Gasteiger partial charge < -0.3 is 11.1 Å². The van der Waals surface area contributed by atoms with Crippen LogP contribution in [0.5, 0.6) is 0 Å². The summed E-state index contributed by atoms with van der Waals surface area (Å²) in [6, 6.07) is 2.99. The van der Waals surface area contributed by atoms with E-state index < -0.39 is 17.8 Å². The van der Waals surface area contributed by atoms with Crippen LogP contribution in [0, 0.1) is 18.2 Å². The topological polar surface area (TPSA) is 55.1 Å². The van der Waals surface area contributed by atoms with E-state index in [0.717, 1.165) is 6.07 Å². The highest BCUT2D eigenvalue weighted by Crippen LogP contribution is 2.19. The Balaban J connectivity index is 2.77. The maximum atomic E-state index is 13.2. The molecule has 1 atom stereocenters. The number of carbonyl (C=O) groups excluding carboxylic acids is 1. The van der Waals surface area contributed by atoms with Crippen LogP contribution >= 0.6 is 11.6 Å². The molecule has 0 spiro atoms. The minimum Gasteiger partial charge on any atom is -0.322 e. The van der Waals surface area contributed by atoms with Crippen molar-refractivity contribution in [3.05, 3.63) is 29.0 Å². The molecule has 0 heterocycles. The first kappa shape index (κ1) is 12.5. The van der Waals surface area contributed by atoms with Crippen LogP contribution in [0.4, 0.5) is 10.1 Å². The molecule has 5 heteroatoms. The fourth-order valence-corrected chi connectivity index (χ4v) is 1.21. The molecular weight excluding hydrogens is 231 g/mol. The standard InChI is InChI=1S/C11H10ClFN2O/c1-2-3-9(14)11(16)15-10-6-7(12)4-5-8(10)13/h1,4-6,9H,3,14H2,(H,15,16). The predicted molar refractivity (Wildman–Crippen MR) is 61.5 cm³/mol. The van der Waals surface area contributed by atoms with Gasteiger partial charge in [0, 0.05) is 11.4 Å². The number of nitrogens with one attached hydrogen (secondary N) is 1. The maximum Gasteiger partial charge on any atom is 0.242 e. The molecule has 3 nitrogen and oxygen atoms in total. The number of hydrogen-bond donors (Lipinski definition) is 2. The van der Waals surface area contributed by atoms with Crippen LogP contribution in [0.3, 0.4) is 0 Å². The summed E-state index contributed by atoms with van der Waals surface area (Å²) in [6.07, 6.45) is 5.10. The lowest BCUT2D eigenvalue weighted by Gasteiger charge is -2.10. The average molecular weight is 241 g/mol. The van der Waals surface area contributed by atoms with E-state index in [1.54, 1.807) is 0 Å². The maximum absolute atomic E-state index is 13.2. The first-order valence-corrected chi connectivity index (χ1v) is 4.87. The Labute approximate surface area is 97.8 Å². The van der Waals surface area contributed by atoms with Gasteiger partial charge in [0.2, 0.25) is 5.91 Å². The fraction of sp³-hybridized carbons (Fsp3) is 0.182. The zero-order valence-corrected chi connectivity index (χ0v) is 9.09. The minimum absolute atomic E-state index is 0.00929. The number of hydrogen-bond acceptors (Lipinski definition) is 2. The van der Waals surface area contributed by atoms with E-state index in [1.807, 2.05) is 0 Å². The largest absolute Gasteiger partial charge is 0.322 e. The third kappa shape index (κ3) is 3.23. The molecule has 1 rings (SSSR count). The van der Waals surface area contributed by atoms with Crippen LogP contribution in [0.15, 0.2) is 18.2 Å². The molecule has 84 valence electrons. The Bertz CT molecular complexity index is 442. The second-order valence-corrected chi connectivity index (χ2v) is 3.56. The molecule has 3 N–H and O–H groups in total. The highest BCUT2D eigenvalue weighted by Gasteiger charge is 2.14. The summed E-state index contributed by atoms with van der Waals surface area (Å²) < 4.78 is 13.2. The summed E-state index contributed by atoms with van der Waals surface area (Å²) in [7, 11) is 0. The molecule has 1 unspecified atom stereocenters. The first-order valence-electron chi connectivity index (χ1n) is 4.49. The lowest BCUT2D eigenvalue weighted by Crippen LogP contribution is -2.35. The smallest absolute Gasteiger partial charge is 0.242 e. The molecule has 0 saturated heterocycles. The minimum atomic E-state index is -0.858. The molecule has 0 bridgehead atoms. The van der Waals surface area contributed by atoms with Crippen molar-refractivity contribution < 1.29 is 9.18 Å². The summed E-state index contributed by atoms with van der Waals surface area (Å²) in [4.78, 5) is 11.4. The lowest BCUT2D eigenvalue weighted by atomic mass is 10.2. The number of nitrogens with two attached hydrogens (primary N) is 1. The van der Waals surface area contributed by atoms with Gasteiger partial charge in [0.25, 0.3) is 0 Å². The van der Waals surface area contributed by atoms with Gasteiger partial charge in [-0.2, -0.15) is 0 Å². The van der Waals surface area contributed by atoms with Crippen molar-refractivity contribution in [2.75, 3.05) is 5.32 Å². The summed E-state index contributed by atoms with van der Waals surface area (Å²) in [5.74, 6) is 1.13. The van der Waals surface area contributed by atoms with Crippen LogP contribution in [-0.4, -0.2) is 11.9 Å². The molecule has 16 heavy (non-hydrogen) atoms. The number of amides is 1. The number of benzene rings is 1. The van der Waals surface area contributed by atoms with Gasteiger partial charge in [0.1, 0.15) is 5.82 Å².